The van der Waals surface area contributed by atoms with E-state index in [-0.39, 0.29) is 12.2 Å². The number of hydrogen-bond acceptors (Lipinski definition) is 4. The van der Waals surface area contributed by atoms with Gasteiger partial charge in [0.05, 0.1) is 12.2 Å². The van der Waals surface area contributed by atoms with Crippen molar-refractivity contribution >= 4 is 0 Å². The standard InChI is InChI=1S/C14H28N2O2/c1-17-12-8-16(9-13(12)18-2)11-14(10-15)6-4-3-5-7-14/h12-13H,3-11,15H2,1-2H3. The second-order valence-corrected chi connectivity index (χ2v) is 6.01. The molecular weight excluding hydrogens is 228 g/mol. The monoisotopic (exact) mass is 256 g/mol. The predicted octanol–water partition coefficient (Wildman–Crippen LogP) is 1.24. The van der Waals surface area contributed by atoms with Crippen LogP contribution in [-0.4, -0.2) is 57.5 Å². The van der Waals surface area contributed by atoms with E-state index in [0.717, 1.165) is 26.2 Å². The highest BCUT2D eigenvalue weighted by molar-refractivity contribution is 4.92. The second kappa shape index (κ2) is 6.33. The highest BCUT2D eigenvalue weighted by atomic mass is 16.5. The fraction of sp³-hybridized carbons (Fsp3) is 1.00. The third-order valence-corrected chi connectivity index (χ3v) is 4.80. The molecule has 2 unspecified atom stereocenters. The van der Waals surface area contributed by atoms with Crippen LogP contribution in [0.1, 0.15) is 32.1 Å². The lowest BCUT2D eigenvalue weighted by Crippen LogP contribution is -2.43. The van der Waals surface area contributed by atoms with Crippen molar-refractivity contribution in [2.75, 3.05) is 40.4 Å². The van der Waals surface area contributed by atoms with Gasteiger partial charge in [-0.15, -0.1) is 0 Å². The Morgan fingerprint density at radius 1 is 1.06 bits per heavy atom. The minimum absolute atomic E-state index is 0.216. The Morgan fingerprint density at radius 2 is 1.61 bits per heavy atom. The van der Waals surface area contributed by atoms with Gasteiger partial charge in [-0.25, -0.2) is 0 Å². The largest absolute Gasteiger partial charge is 0.377 e. The van der Waals surface area contributed by atoms with Gasteiger partial charge in [-0.2, -0.15) is 0 Å². The molecule has 1 aliphatic heterocycles. The first-order valence-corrected chi connectivity index (χ1v) is 7.21. The topological polar surface area (TPSA) is 47.7 Å². The quantitative estimate of drug-likeness (QED) is 0.804. The molecule has 0 aromatic rings. The SMILES string of the molecule is COC1CN(CC2(CN)CCCCC2)CC1OC. The summed E-state index contributed by atoms with van der Waals surface area (Å²) in [6.45, 7) is 3.90. The van der Waals surface area contributed by atoms with Gasteiger partial charge in [0.1, 0.15) is 0 Å². The van der Waals surface area contributed by atoms with Gasteiger partial charge in [0.2, 0.25) is 0 Å². The van der Waals surface area contributed by atoms with Gasteiger partial charge in [0.15, 0.2) is 0 Å². The van der Waals surface area contributed by atoms with E-state index in [0.29, 0.717) is 5.41 Å². The molecular formula is C14H28N2O2. The molecule has 2 rings (SSSR count). The molecule has 0 aromatic carbocycles. The minimum atomic E-state index is 0.216. The number of hydrogen-bond donors (Lipinski definition) is 1. The first-order valence-electron chi connectivity index (χ1n) is 7.21. The van der Waals surface area contributed by atoms with Crippen molar-refractivity contribution in [2.24, 2.45) is 11.1 Å². The Kier molecular flexibility index (Phi) is 5.01. The average molecular weight is 256 g/mol. The van der Waals surface area contributed by atoms with E-state index >= 15 is 0 Å². The lowest BCUT2D eigenvalue weighted by atomic mass is 9.74. The predicted molar refractivity (Wildman–Crippen MR) is 72.6 cm³/mol. The van der Waals surface area contributed by atoms with Crippen molar-refractivity contribution in [1.82, 2.24) is 4.90 Å². The highest BCUT2D eigenvalue weighted by Gasteiger charge is 2.38. The third-order valence-electron chi connectivity index (χ3n) is 4.80. The molecule has 0 bridgehead atoms. The molecule has 1 heterocycles. The molecule has 4 heteroatoms. The maximum atomic E-state index is 6.06. The lowest BCUT2D eigenvalue weighted by Gasteiger charge is -2.39. The molecule has 0 amide bonds. The smallest absolute Gasteiger partial charge is 0.0971 e. The summed E-state index contributed by atoms with van der Waals surface area (Å²) in [7, 11) is 3.55. The van der Waals surface area contributed by atoms with E-state index in [1.54, 1.807) is 14.2 Å². The summed E-state index contributed by atoms with van der Waals surface area (Å²) >= 11 is 0. The second-order valence-electron chi connectivity index (χ2n) is 6.01. The molecule has 0 radical (unpaired) electrons. The molecule has 2 atom stereocenters. The van der Waals surface area contributed by atoms with Crippen molar-refractivity contribution in [3.63, 3.8) is 0 Å². The Labute approximate surface area is 111 Å². The molecule has 1 saturated heterocycles. The zero-order valence-electron chi connectivity index (χ0n) is 11.9. The summed E-state index contributed by atoms with van der Waals surface area (Å²) in [5, 5.41) is 0. The molecule has 18 heavy (non-hydrogen) atoms. The summed E-state index contributed by atoms with van der Waals surface area (Å²) in [4.78, 5) is 2.49. The summed E-state index contributed by atoms with van der Waals surface area (Å²) in [6.07, 6.45) is 7.06. The normalized spacial score (nSPS) is 32.8. The van der Waals surface area contributed by atoms with E-state index < -0.39 is 0 Å². The van der Waals surface area contributed by atoms with Crippen LogP contribution in [0.3, 0.4) is 0 Å². The molecule has 1 saturated carbocycles. The van der Waals surface area contributed by atoms with Crippen molar-refractivity contribution in [2.45, 2.75) is 44.3 Å². The number of rotatable bonds is 5. The van der Waals surface area contributed by atoms with Crippen molar-refractivity contribution in [3.05, 3.63) is 0 Å². The fourth-order valence-electron chi connectivity index (χ4n) is 3.60. The maximum absolute atomic E-state index is 6.06. The Bertz CT molecular complexity index is 242. The summed E-state index contributed by atoms with van der Waals surface area (Å²) in [6, 6.07) is 0. The molecule has 1 aliphatic carbocycles. The van der Waals surface area contributed by atoms with Gasteiger partial charge in [-0.1, -0.05) is 19.3 Å². The van der Waals surface area contributed by atoms with E-state index in [9.17, 15) is 0 Å². The van der Waals surface area contributed by atoms with Crippen LogP contribution in [-0.2, 0) is 9.47 Å². The molecule has 0 aromatic heterocycles. The first-order chi connectivity index (χ1) is 8.73. The molecule has 0 spiro atoms. The van der Waals surface area contributed by atoms with Crippen LogP contribution in [0.5, 0.6) is 0 Å². The van der Waals surface area contributed by atoms with Gasteiger partial charge < -0.3 is 15.2 Å². The number of nitrogens with zero attached hydrogens (tertiary/aromatic N) is 1. The van der Waals surface area contributed by atoms with Gasteiger partial charge in [0.25, 0.3) is 0 Å². The lowest BCUT2D eigenvalue weighted by molar-refractivity contribution is -0.00461. The third kappa shape index (κ3) is 3.05. The molecule has 106 valence electrons. The van der Waals surface area contributed by atoms with Crippen LogP contribution in [0, 0.1) is 5.41 Å². The Morgan fingerprint density at radius 3 is 2.06 bits per heavy atom. The Balaban J connectivity index is 1.92. The average Bonchev–Trinajstić information content (AvgIpc) is 2.81. The van der Waals surface area contributed by atoms with Crippen molar-refractivity contribution in [3.8, 4) is 0 Å². The van der Waals surface area contributed by atoms with Crippen LogP contribution in [0.15, 0.2) is 0 Å². The van der Waals surface area contributed by atoms with Crippen LogP contribution >= 0.6 is 0 Å². The molecule has 4 nitrogen and oxygen atoms in total. The van der Waals surface area contributed by atoms with E-state index in [2.05, 4.69) is 4.90 Å². The minimum Gasteiger partial charge on any atom is -0.377 e. The fourth-order valence-corrected chi connectivity index (χ4v) is 3.60. The van der Waals surface area contributed by atoms with Crippen molar-refractivity contribution < 1.29 is 9.47 Å². The highest BCUT2D eigenvalue weighted by Crippen LogP contribution is 2.37. The van der Waals surface area contributed by atoms with Crippen LogP contribution in [0.25, 0.3) is 0 Å². The first kappa shape index (κ1) is 14.3. The van der Waals surface area contributed by atoms with E-state index in [1.165, 1.54) is 32.1 Å². The van der Waals surface area contributed by atoms with Crippen molar-refractivity contribution in [1.29, 1.82) is 0 Å². The van der Waals surface area contributed by atoms with Gasteiger partial charge in [0, 0.05) is 33.9 Å². The summed E-state index contributed by atoms with van der Waals surface area (Å²) in [5.41, 5.74) is 6.41. The van der Waals surface area contributed by atoms with E-state index in [4.69, 9.17) is 15.2 Å². The van der Waals surface area contributed by atoms with Gasteiger partial charge in [-0.05, 0) is 24.8 Å². The van der Waals surface area contributed by atoms with Gasteiger partial charge in [-0.3, -0.25) is 4.90 Å². The van der Waals surface area contributed by atoms with Gasteiger partial charge >= 0.3 is 0 Å². The molecule has 2 fully saturated rings. The Hall–Kier alpha value is -0.160. The number of likely N-dealkylation sites (tertiary alicyclic amines) is 1. The molecule has 2 aliphatic rings. The zero-order chi connectivity index (χ0) is 13.0. The maximum Gasteiger partial charge on any atom is 0.0971 e. The van der Waals surface area contributed by atoms with E-state index in [1.807, 2.05) is 0 Å². The van der Waals surface area contributed by atoms with Crippen LogP contribution < -0.4 is 5.73 Å². The summed E-state index contributed by atoms with van der Waals surface area (Å²) in [5.74, 6) is 0. The van der Waals surface area contributed by atoms with Crippen LogP contribution in [0.2, 0.25) is 0 Å². The number of methoxy groups -OCH3 is 2. The summed E-state index contributed by atoms with van der Waals surface area (Å²) < 4.78 is 11.0. The zero-order valence-corrected chi connectivity index (χ0v) is 11.9. The number of ether oxygens (including phenoxy) is 2. The van der Waals surface area contributed by atoms with Crippen LogP contribution in [0.4, 0.5) is 0 Å². The number of nitrogens with two attached hydrogens (primary N) is 1. The molecule has 2 N–H and O–H groups in total.